The predicted molar refractivity (Wildman–Crippen MR) is 120 cm³/mol. The maximum absolute atomic E-state index is 12.6. The summed E-state index contributed by atoms with van der Waals surface area (Å²) in [6.45, 7) is 8.16. The molecule has 8 nitrogen and oxygen atoms in total. The first-order valence-electron chi connectivity index (χ1n) is 10.7. The second kappa shape index (κ2) is 8.69. The van der Waals surface area contributed by atoms with Crippen LogP contribution >= 0.6 is 11.8 Å². The highest BCUT2D eigenvalue weighted by atomic mass is 32.2. The number of esters is 1. The minimum absolute atomic E-state index is 0.00863. The number of nitrogens with one attached hydrogen (secondary N) is 1. The summed E-state index contributed by atoms with van der Waals surface area (Å²) in [6.07, 6.45) is 3.21. The van der Waals surface area contributed by atoms with Crippen molar-refractivity contribution in [3.63, 3.8) is 0 Å². The Morgan fingerprint density at radius 1 is 1.31 bits per heavy atom. The third-order valence-corrected chi connectivity index (χ3v) is 8.25. The molecule has 0 saturated heterocycles. The van der Waals surface area contributed by atoms with E-state index in [0.29, 0.717) is 33.8 Å². The Balaban J connectivity index is 1.32. The van der Waals surface area contributed by atoms with E-state index in [1.807, 2.05) is 12.1 Å². The Kier molecular flexibility index (Phi) is 6.11. The van der Waals surface area contributed by atoms with Crippen molar-refractivity contribution in [2.45, 2.75) is 57.6 Å². The van der Waals surface area contributed by atoms with Crippen LogP contribution in [0.25, 0.3) is 0 Å². The number of hydrogen-bond acceptors (Lipinski definition) is 8. The lowest BCUT2D eigenvalue weighted by atomic mass is 9.70. The van der Waals surface area contributed by atoms with Gasteiger partial charge in [0, 0.05) is 16.0 Å². The van der Waals surface area contributed by atoms with Crippen LogP contribution in [-0.2, 0) is 15.3 Å². The van der Waals surface area contributed by atoms with Crippen LogP contribution in [0.15, 0.2) is 38.8 Å². The smallest absolute Gasteiger partial charge is 0.339 e. The van der Waals surface area contributed by atoms with E-state index in [1.165, 1.54) is 18.2 Å². The normalized spacial score (nSPS) is 24.6. The molecule has 1 aromatic heterocycles. The van der Waals surface area contributed by atoms with Gasteiger partial charge in [0.05, 0.1) is 11.3 Å². The monoisotopic (exact) mass is 456 g/mol. The molecule has 2 bridgehead atoms. The Morgan fingerprint density at radius 3 is 2.75 bits per heavy atom. The van der Waals surface area contributed by atoms with Gasteiger partial charge >= 0.3 is 5.97 Å². The number of carbonyl (C=O) groups is 2. The van der Waals surface area contributed by atoms with Gasteiger partial charge in [-0.05, 0) is 49.7 Å². The predicted octanol–water partition coefficient (Wildman–Crippen LogP) is 4.15. The number of nitrogens with zero attached hydrogens (tertiary/aromatic N) is 3. The second-order valence-electron chi connectivity index (χ2n) is 9.18. The maximum Gasteiger partial charge on any atom is 0.339 e. The maximum atomic E-state index is 12.6. The fraction of sp³-hybridized carbons (Fsp3) is 0.522. The molecule has 9 heteroatoms. The molecular formula is C23H28N4O4S. The molecule has 1 heterocycles. The van der Waals surface area contributed by atoms with Gasteiger partial charge in [0.2, 0.25) is 5.89 Å². The van der Waals surface area contributed by atoms with Gasteiger partial charge in [-0.25, -0.2) is 10.2 Å². The van der Waals surface area contributed by atoms with E-state index in [0.717, 1.165) is 18.6 Å². The molecule has 0 aliphatic heterocycles. The van der Waals surface area contributed by atoms with Crippen LogP contribution in [0, 0.1) is 23.7 Å². The number of rotatable bonds is 7. The fourth-order valence-electron chi connectivity index (χ4n) is 4.77. The highest BCUT2D eigenvalue weighted by Gasteiger charge is 2.60. The van der Waals surface area contributed by atoms with E-state index in [-0.39, 0.29) is 17.4 Å². The summed E-state index contributed by atoms with van der Waals surface area (Å²) < 4.78 is 10.4. The molecule has 2 unspecified atom stereocenters. The number of carbonyl (C=O) groups excluding carboxylic acids is 2. The van der Waals surface area contributed by atoms with Crippen LogP contribution in [0.3, 0.4) is 0 Å². The van der Waals surface area contributed by atoms with E-state index < -0.39 is 11.9 Å². The first-order chi connectivity index (χ1) is 15.2. The molecule has 2 aliphatic rings. The number of hydrogen-bond donors (Lipinski definition) is 1. The van der Waals surface area contributed by atoms with Crippen LogP contribution in [-0.4, -0.2) is 34.3 Å². The molecule has 1 N–H and O–H groups in total. The van der Waals surface area contributed by atoms with Gasteiger partial charge < -0.3 is 9.26 Å². The standard InChI is InChI=1S/C23H28N4O4S/c1-14-24-20(31-27-14)13-32-17-8-6-5-7-16(17)21(29)30-12-19(28)26-25-18-11-15-9-10-23(18,4)22(15,2)3/h5-8,15H,9-13H2,1-4H3,(H,26,28)/b25-18+. The van der Waals surface area contributed by atoms with Gasteiger partial charge in [-0.3, -0.25) is 4.79 Å². The number of hydrazone groups is 1. The van der Waals surface area contributed by atoms with Crippen LogP contribution in [0.1, 0.15) is 62.1 Å². The van der Waals surface area contributed by atoms with E-state index in [9.17, 15) is 9.59 Å². The lowest BCUT2D eigenvalue weighted by molar-refractivity contribution is -0.124. The van der Waals surface area contributed by atoms with Crippen molar-refractivity contribution in [2.24, 2.45) is 21.8 Å². The number of benzene rings is 1. The molecule has 0 spiro atoms. The van der Waals surface area contributed by atoms with Gasteiger partial charge in [-0.1, -0.05) is 38.1 Å². The number of ether oxygens (including phenoxy) is 1. The largest absolute Gasteiger partial charge is 0.452 e. The Hall–Kier alpha value is -2.68. The van der Waals surface area contributed by atoms with Crippen molar-refractivity contribution in [3.05, 3.63) is 41.5 Å². The average molecular weight is 457 g/mol. The minimum atomic E-state index is -0.564. The van der Waals surface area contributed by atoms with Crippen molar-refractivity contribution in [1.29, 1.82) is 0 Å². The quantitative estimate of drug-likeness (QED) is 0.379. The van der Waals surface area contributed by atoms with Crippen molar-refractivity contribution in [3.8, 4) is 0 Å². The van der Waals surface area contributed by atoms with Crippen molar-refractivity contribution in [2.75, 3.05) is 6.61 Å². The van der Waals surface area contributed by atoms with Gasteiger partial charge in [0.25, 0.3) is 5.91 Å². The van der Waals surface area contributed by atoms with Crippen molar-refractivity contribution >= 4 is 29.4 Å². The van der Waals surface area contributed by atoms with Crippen molar-refractivity contribution < 1.29 is 18.8 Å². The lowest BCUT2D eigenvalue weighted by Crippen LogP contribution is -2.35. The van der Waals surface area contributed by atoms with Gasteiger partial charge in [-0.15, -0.1) is 11.8 Å². The third kappa shape index (κ3) is 4.18. The van der Waals surface area contributed by atoms with E-state index >= 15 is 0 Å². The molecule has 1 amide bonds. The third-order valence-electron chi connectivity index (χ3n) is 7.19. The summed E-state index contributed by atoms with van der Waals surface area (Å²) in [5.41, 5.74) is 4.20. The summed E-state index contributed by atoms with van der Waals surface area (Å²) >= 11 is 1.39. The van der Waals surface area contributed by atoms with Crippen LogP contribution in [0.4, 0.5) is 0 Å². The number of aromatic nitrogens is 2. The Labute approximate surface area is 191 Å². The molecule has 2 aliphatic carbocycles. The number of amides is 1. The average Bonchev–Trinajstić information content (AvgIpc) is 3.35. The molecule has 2 atom stereocenters. The highest BCUT2D eigenvalue weighted by Crippen LogP contribution is 2.63. The fourth-order valence-corrected chi connectivity index (χ4v) is 5.65. The molecule has 170 valence electrons. The number of aryl methyl sites for hydroxylation is 1. The van der Waals surface area contributed by atoms with E-state index in [2.05, 4.69) is 41.4 Å². The SMILES string of the molecule is Cc1noc(CSc2ccccc2C(=O)OCC(=O)N/N=C2\CC3CCC2(C)C3(C)C)n1. The van der Waals surface area contributed by atoms with E-state index in [1.54, 1.807) is 19.1 Å². The molecule has 2 fully saturated rings. The molecule has 2 saturated carbocycles. The topological polar surface area (TPSA) is 107 Å². The summed E-state index contributed by atoms with van der Waals surface area (Å²) in [5.74, 6) is 1.06. The molecule has 0 radical (unpaired) electrons. The van der Waals surface area contributed by atoms with Crippen LogP contribution < -0.4 is 5.43 Å². The summed E-state index contributed by atoms with van der Waals surface area (Å²) in [4.78, 5) is 29.7. The van der Waals surface area contributed by atoms with Crippen LogP contribution in [0.2, 0.25) is 0 Å². The number of fused-ring (bicyclic) bond motifs is 2. The minimum Gasteiger partial charge on any atom is -0.452 e. The lowest BCUT2D eigenvalue weighted by Gasteiger charge is -2.34. The molecule has 1 aromatic carbocycles. The Morgan fingerprint density at radius 2 is 2.09 bits per heavy atom. The first-order valence-corrected chi connectivity index (χ1v) is 11.7. The molecular weight excluding hydrogens is 428 g/mol. The van der Waals surface area contributed by atoms with Crippen LogP contribution in [0.5, 0.6) is 0 Å². The summed E-state index contributed by atoms with van der Waals surface area (Å²) in [7, 11) is 0. The zero-order chi connectivity index (χ0) is 22.9. The molecule has 32 heavy (non-hydrogen) atoms. The van der Waals surface area contributed by atoms with Gasteiger partial charge in [-0.2, -0.15) is 10.1 Å². The molecule has 2 aromatic rings. The van der Waals surface area contributed by atoms with E-state index in [4.69, 9.17) is 9.26 Å². The van der Waals surface area contributed by atoms with Crippen molar-refractivity contribution in [1.82, 2.24) is 15.6 Å². The highest BCUT2D eigenvalue weighted by molar-refractivity contribution is 7.98. The van der Waals surface area contributed by atoms with Gasteiger partial charge in [0.15, 0.2) is 12.4 Å². The second-order valence-corrected chi connectivity index (χ2v) is 10.2. The van der Waals surface area contributed by atoms with Gasteiger partial charge in [0.1, 0.15) is 0 Å². The zero-order valence-electron chi connectivity index (χ0n) is 18.8. The summed E-state index contributed by atoms with van der Waals surface area (Å²) in [6, 6.07) is 7.06. The zero-order valence-corrected chi connectivity index (χ0v) is 19.6. The number of thioether (sulfide) groups is 1. The molecule has 4 rings (SSSR count). The Bertz CT molecular complexity index is 1060. The first kappa shape index (κ1) is 22.5. The summed E-state index contributed by atoms with van der Waals surface area (Å²) in [5, 5.41) is 8.16.